The molecule has 1 aromatic carbocycles. The SMILES string of the molecule is CC(C)(C)N(CCC(=O)Nc1ccccc1)S(C)(=O)=O. The van der Waals surface area contributed by atoms with Crippen LogP contribution in [-0.4, -0.2) is 37.0 Å². The van der Waals surface area contributed by atoms with E-state index in [0.29, 0.717) is 5.69 Å². The van der Waals surface area contributed by atoms with E-state index in [2.05, 4.69) is 5.32 Å². The number of carbonyl (C=O) groups is 1. The highest BCUT2D eigenvalue weighted by molar-refractivity contribution is 7.88. The lowest BCUT2D eigenvalue weighted by atomic mass is 10.1. The fourth-order valence-electron chi connectivity index (χ4n) is 1.95. The number of hydrogen-bond donors (Lipinski definition) is 1. The van der Waals surface area contributed by atoms with E-state index >= 15 is 0 Å². The molecule has 1 amide bonds. The van der Waals surface area contributed by atoms with Gasteiger partial charge < -0.3 is 5.32 Å². The van der Waals surface area contributed by atoms with Crippen LogP contribution in [0.15, 0.2) is 30.3 Å². The van der Waals surface area contributed by atoms with Crippen LogP contribution in [0.3, 0.4) is 0 Å². The van der Waals surface area contributed by atoms with Crippen molar-refractivity contribution in [2.45, 2.75) is 32.7 Å². The molecule has 112 valence electrons. The van der Waals surface area contributed by atoms with E-state index in [1.54, 1.807) is 12.1 Å². The summed E-state index contributed by atoms with van der Waals surface area (Å²) in [6.07, 6.45) is 1.28. The fraction of sp³-hybridized carbons (Fsp3) is 0.500. The van der Waals surface area contributed by atoms with Gasteiger partial charge in [0.25, 0.3) is 0 Å². The van der Waals surface area contributed by atoms with Crippen molar-refractivity contribution in [1.82, 2.24) is 4.31 Å². The lowest BCUT2D eigenvalue weighted by Crippen LogP contribution is -2.46. The van der Waals surface area contributed by atoms with Crippen molar-refractivity contribution in [3.63, 3.8) is 0 Å². The molecular formula is C14H22N2O3S. The molecule has 0 heterocycles. The molecule has 0 aliphatic rings. The van der Waals surface area contributed by atoms with Gasteiger partial charge in [-0.15, -0.1) is 0 Å². The van der Waals surface area contributed by atoms with Gasteiger partial charge in [-0.3, -0.25) is 4.79 Å². The quantitative estimate of drug-likeness (QED) is 0.905. The van der Waals surface area contributed by atoms with Crippen molar-refractivity contribution in [1.29, 1.82) is 0 Å². The molecule has 0 saturated carbocycles. The Morgan fingerprint density at radius 2 is 1.75 bits per heavy atom. The Labute approximate surface area is 121 Å². The van der Waals surface area contributed by atoms with E-state index in [0.717, 1.165) is 6.26 Å². The van der Waals surface area contributed by atoms with E-state index in [1.807, 2.05) is 39.0 Å². The van der Waals surface area contributed by atoms with Gasteiger partial charge in [-0.05, 0) is 32.9 Å². The van der Waals surface area contributed by atoms with Gasteiger partial charge in [-0.1, -0.05) is 18.2 Å². The predicted molar refractivity (Wildman–Crippen MR) is 81.0 cm³/mol. The Balaban J connectivity index is 2.63. The molecule has 0 aromatic heterocycles. The molecule has 0 saturated heterocycles. The molecule has 0 atom stereocenters. The molecule has 5 nitrogen and oxygen atoms in total. The van der Waals surface area contributed by atoms with Crippen LogP contribution in [0.5, 0.6) is 0 Å². The van der Waals surface area contributed by atoms with E-state index in [9.17, 15) is 13.2 Å². The number of nitrogens with one attached hydrogen (secondary N) is 1. The molecule has 20 heavy (non-hydrogen) atoms. The molecule has 0 bridgehead atoms. The molecule has 0 aliphatic heterocycles. The van der Waals surface area contributed by atoms with Crippen molar-refractivity contribution < 1.29 is 13.2 Å². The van der Waals surface area contributed by atoms with Gasteiger partial charge in [0.05, 0.1) is 6.26 Å². The summed E-state index contributed by atoms with van der Waals surface area (Å²) in [6.45, 7) is 5.59. The third-order valence-corrected chi connectivity index (χ3v) is 4.28. The first kappa shape index (κ1) is 16.7. The Morgan fingerprint density at radius 1 is 1.20 bits per heavy atom. The topological polar surface area (TPSA) is 66.5 Å². The van der Waals surface area contributed by atoms with E-state index in [1.165, 1.54) is 4.31 Å². The van der Waals surface area contributed by atoms with Crippen LogP contribution >= 0.6 is 0 Å². The fourth-order valence-corrected chi connectivity index (χ4v) is 3.36. The third-order valence-electron chi connectivity index (χ3n) is 2.75. The smallest absolute Gasteiger partial charge is 0.225 e. The van der Waals surface area contributed by atoms with Crippen molar-refractivity contribution in [3.8, 4) is 0 Å². The number of amides is 1. The number of hydrogen-bond acceptors (Lipinski definition) is 3. The maximum absolute atomic E-state index is 11.8. The second-order valence-electron chi connectivity index (χ2n) is 5.67. The molecule has 0 aliphatic carbocycles. The van der Waals surface area contributed by atoms with Crippen LogP contribution in [0.25, 0.3) is 0 Å². The number of benzene rings is 1. The molecule has 6 heteroatoms. The molecule has 0 radical (unpaired) electrons. The van der Waals surface area contributed by atoms with Crippen LogP contribution < -0.4 is 5.32 Å². The van der Waals surface area contributed by atoms with E-state index in [4.69, 9.17) is 0 Å². The van der Waals surface area contributed by atoms with Gasteiger partial charge in [0, 0.05) is 24.2 Å². The lowest BCUT2D eigenvalue weighted by Gasteiger charge is -2.33. The average molecular weight is 298 g/mol. The monoisotopic (exact) mass is 298 g/mol. The minimum atomic E-state index is -3.34. The van der Waals surface area contributed by atoms with Crippen molar-refractivity contribution in [3.05, 3.63) is 30.3 Å². The van der Waals surface area contributed by atoms with Gasteiger partial charge in [0.1, 0.15) is 0 Å². The summed E-state index contributed by atoms with van der Waals surface area (Å²) in [6, 6.07) is 9.09. The number of para-hydroxylation sites is 1. The number of rotatable bonds is 5. The van der Waals surface area contributed by atoms with Gasteiger partial charge in [0.15, 0.2) is 0 Å². The first-order valence-corrected chi connectivity index (χ1v) is 8.28. The highest BCUT2D eigenvalue weighted by Crippen LogP contribution is 2.17. The van der Waals surface area contributed by atoms with E-state index in [-0.39, 0.29) is 18.9 Å². The Kier molecular flexibility index (Phi) is 5.30. The molecule has 1 N–H and O–H groups in total. The predicted octanol–water partition coefficient (Wildman–Crippen LogP) is 2.08. The minimum Gasteiger partial charge on any atom is -0.326 e. The summed E-state index contributed by atoms with van der Waals surface area (Å²) < 4.78 is 24.8. The Morgan fingerprint density at radius 3 is 2.20 bits per heavy atom. The van der Waals surface area contributed by atoms with Gasteiger partial charge in [-0.2, -0.15) is 4.31 Å². The van der Waals surface area contributed by atoms with Crippen LogP contribution in [0.4, 0.5) is 5.69 Å². The maximum Gasteiger partial charge on any atom is 0.225 e. The largest absolute Gasteiger partial charge is 0.326 e. The van der Waals surface area contributed by atoms with Gasteiger partial charge >= 0.3 is 0 Å². The molecule has 1 rings (SSSR count). The zero-order valence-electron chi connectivity index (χ0n) is 12.4. The summed E-state index contributed by atoms with van der Waals surface area (Å²) in [5, 5.41) is 2.74. The van der Waals surface area contributed by atoms with Gasteiger partial charge in [0.2, 0.25) is 15.9 Å². The van der Waals surface area contributed by atoms with Crippen LogP contribution in [0, 0.1) is 0 Å². The third kappa shape index (κ3) is 5.30. The van der Waals surface area contributed by atoms with Crippen LogP contribution in [-0.2, 0) is 14.8 Å². The minimum absolute atomic E-state index is 0.124. The first-order chi connectivity index (χ1) is 9.10. The summed E-state index contributed by atoms with van der Waals surface area (Å²) in [7, 11) is -3.34. The van der Waals surface area contributed by atoms with Crippen LogP contribution in [0.2, 0.25) is 0 Å². The normalized spacial score (nSPS) is 12.4. The van der Waals surface area contributed by atoms with Gasteiger partial charge in [-0.25, -0.2) is 8.42 Å². The zero-order chi connectivity index (χ0) is 15.4. The molecule has 0 spiro atoms. The van der Waals surface area contributed by atoms with Crippen molar-refractivity contribution >= 4 is 21.6 Å². The average Bonchev–Trinajstić information content (AvgIpc) is 2.26. The summed E-state index contributed by atoms with van der Waals surface area (Å²) >= 11 is 0. The Hall–Kier alpha value is -1.40. The highest BCUT2D eigenvalue weighted by Gasteiger charge is 2.29. The van der Waals surface area contributed by atoms with Crippen molar-refractivity contribution in [2.75, 3.05) is 18.1 Å². The van der Waals surface area contributed by atoms with E-state index < -0.39 is 15.6 Å². The molecule has 0 unspecified atom stereocenters. The highest BCUT2D eigenvalue weighted by atomic mass is 32.2. The number of nitrogens with zero attached hydrogens (tertiary/aromatic N) is 1. The molecule has 0 fully saturated rings. The van der Waals surface area contributed by atoms with Crippen molar-refractivity contribution in [2.24, 2.45) is 0 Å². The number of sulfonamides is 1. The first-order valence-electron chi connectivity index (χ1n) is 6.43. The second kappa shape index (κ2) is 6.37. The zero-order valence-corrected chi connectivity index (χ0v) is 13.2. The number of anilines is 1. The standard InChI is InChI=1S/C14H22N2O3S/c1-14(2,3)16(20(4,18)19)11-10-13(17)15-12-8-6-5-7-9-12/h5-9H,10-11H2,1-4H3,(H,15,17). The summed E-state index contributed by atoms with van der Waals surface area (Å²) in [4.78, 5) is 11.8. The second-order valence-corrected chi connectivity index (χ2v) is 7.58. The van der Waals surface area contributed by atoms with Crippen LogP contribution in [0.1, 0.15) is 27.2 Å². The summed E-state index contributed by atoms with van der Waals surface area (Å²) in [5.74, 6) is -0.200. The molecular weight excluding hydrogens is 276 g/mol. The number of carbonyl (C=O) groups excluding carboxylic acids is 1. The lowest BCUT2D eigenvalue weighted by molar-refractivity contribution is -0.116. The Bertz CT molecular complexity index is 548. The summed E-state index contributed by atoms with van der Waals surface area (Å²) in [5.41, 5.74) is 0.166. The molecule has 1 aromatic rings. The maximum atomic E-state index is 11.8.